The third-order valence-corrected chi connectivity index (χ3v) is 6.01. The summed E-state index contributed by atoms with van der Waals surface area (Å²) < 4.78 is 40.3. The van der Waals surface area contributed by atoms with Crippen molar-refractivity contribution in [2.45, 2.75) is 19.1 Å². The van der Waals surface area contributed by atoms with Gasteiger partial charge < -0.3 is 10.2 Å². The van der Waals surface area contributed by atoms with Gasteiger partial charge in [-0.1, -0.05) is 48.5 Å². The lowest BCUT2D eigenvalue weighted by Crippen LogP contribution is -2.32. The third kappa shape index (κ3) is 4.66. The first kappa shape index (κ1) is 22.4. The Kier molecular flexibility index (Phi) is 5.83. The normalized spacial score (nSPS) is 13.1. The van der Waals surface area contributed by atoms with Gasteiger partial charge in [0, 0.05) is 23.5 Å². The van der Waals surface area contributed by atoms with Crippen LogP contribution in [0.1, 0.15) is 16.8 Å². The number of alkyl halides is 3. The molecule has 4 aromatic rings. The van der Waals surface area contributed by atoms with Crippen LogP contribution in [-0.4, -0.2) is 16.5 Å². The summed E-state index contributed by atoms with van der Waals surface area (Å²) in [7, 11) is 0. The van der Waals surface area contributed by atoms with Gasteiger partial charge in [-0.2, -0.15) is 13.2 Å². The van der Waals surface area contributed by atoms with Crippen molar-refractivity contribution in [1.82, 2.24) is 9.97 Å². The van der Waals surface area contributed by atoms with Gasteiger partial charge in [-0.25, -0.2) is 14.8 Å². The molecule has 1 aliphatic rings. The van der Waals surface area contributed by atoms with Gasteiger partial charge in [0.2, 0.25) is 0 Å². The summed E-state index contributed by atoms with van der Waals surface area (Å²) in [4.78, 5) is 13.7. The van der Waals surface area contributed by atoms with Crippen LogP contribution in [0.3, 0.4) is 0 Å². The zero-order chi connectivity index (χ0) is 24.4. The molecule has 0 bridgehead atoms. The average molecular weight is 471 g/mol. The Balaban J connectivity index is 1.40. The molecule has 2 heterocycles. The molecule has 5 nitrogen and oxygen atoms in total. The SMILES string of the molecule is [C-]#[N+]c1ccc(N2CCc3c(ncnc3Nc3cccc(-c4ccccc4)c3)C2)cc1C(F)(F)F. The molecule has 35 heavy (non-hydrogen) atoms. The van der Waals surface area contributed by atoms with Gasteiger partial charge in [0.05, 0.1) is 24.4 Å². The summed E-state index contributed by atoms with van der Waals surface area (Å²) in [6.07, 6.45) is -2.55. The van der Waals surface area contributed by atoms with E-state index in [0.717, 1.165) is 34.1 Å². The van der Waals surface area contributed by atoms with Crippen LogP contribution >= 0.6 is 0 Å². The number of benzene rings is 3. The highest BCUT2D eigenvalue weighted by atomic mass is 19.4. The minimum atomic E-state index is -4.59. The Hall–Kier alpha value is -4.38. The molecule has 0 aliphatic carbocycles. The first-order valence-corrected chi connectivity index (χ1v) is 11.0. The standard InChI is InChI=1S/C27H20F3N5/c1-31-24-11-10-21(15-23(24)27(28,29)30)35-13-12-22-25(16-35)32-17-33-26(22)34-20-9-5-8-19(14-20)18-6-3-2-4-7-18/h2-11,14-15,17H,12-13,16H2,(H,32,33,34). The topological polar surface area (TPSA) is 45.4 Å². The van der Waals surface area contributed by atoms with Crippen LogP contribution in [0.4, 0.5) is 36.1 Å². The largest absolute Gasteiger partial charge is 0.407 e. The zero-order valence-electron chi connectivity index (χ0n) is 18.5. The molecule has 174 valence electrons. The zero-order valence-corrected chi connectivity index (χ0v) is 18.5. The van der Waals surface area contributed by atoms with Gasteiger partial charge in [-0.05, 0) is 41.8 Å². The fourth-order valence-electron chi connectivity index (χ4n) is 4.27. The number of aromatic nitrogens is 2. The van der Waals surface area contributed by atoms with E-state index in [2.05, 4.69) is 38.3 Å². The van der Waals surface area contributed by atoms with Crippen molar-refractivity contribution in [2.75, 3.05) is 16.8 Å². The second-order valence-corrected chi connectivity index (χ2v) is 8.20. The van der Waals surface area contributed by atoms with Gasteiger partial charge in [0.1, 0.15) is 12.1 Å². The Morgan fingerprint density at radius 2 is 1.71 bits per heavy atom. The van der Waals surface area contributed by atoms with E-state index in [1.54, 1.807) is 6.07 Å². The molecule has 0 atom stereocenters. The third-order valence-electron chi connectivity index (χ3n) is 6.01. The summed E-state index contributed by atoms with van der Waals surface area (Å²) in [6.45, 7) is 7.90. The predicted molar refractivity (Wildman–Crippen MR) is 130 cm³/mol. The summed E-state index contributed by atoms with van der Waals surface area (Å²) >= 11 is 0. The van der Waals surface area contributed by atoms with Crippen molar-refractivity contribution in [3.05, 3.63) is 107 Å². The molecule has 8 heteroatoms. The fraction of sp³-hybridized carbons (Fsp3) is 0.148. The lowest BCUT2D eigenvalue weighted by atomic mass is 10.0. The Morgan fingerprint density at radius 1 is 0.914 bits per heavy atom. The fourth-order valence-corrected chi connectivity index (χ4v) is 4.27. The van der Waals surface area contributed by atoms with Crippen LogP contribution in [-0.2, 0) is 19.1 Å². The highest BCUT2D eigenvalue weighted by Crippen LogP contribution is 2.39. The number of anilines is 3. The van der Waals surface area contributed by atoms with Crippen LogP contribution in [0.5, 0.6) is 0 Å². The van der Waals surface area contributed by atoms with E-state index < -0.39 is 17.4 Å². The van der Waals surface area contributed by atoms with Crippen molar-refractivity contribution in [2.24, 2.45) is 0 Å². The molecule has 0 fully saturated rings. The van der Waals surface area contributed by atoms with E-state index in [-0.39, 0.29) is 0 Å². The molecule has 5 rings (SSSR count). The summed E-state index contributed by atoms with van der Waals surface area (Å²) in [5.74, 6) is 0.694. The average Bonchev–Trinajstić information content (AvgIpc) is 2.88. The van der Waals surface area contributed by atoms with Gasteiger partial charge >= 0.3 is 6.18 Å². The maximum Gasteiger partial charge on any atom is 0.407 e. The monoisotopic (exact) mass is 471 g/mol. The van der Waals surface area contributed by atoms with Gasteiger partial charge in [0.15, 0.2) is 5.69 Å². The van der Waals surface area contributed by atoms with Crippen molar-refractivity contribution < 1.29 is 13.2 Å². The van der Waals surface area contributed by atoms with E-state index >= 15 is 0 Å². The van der Waals surface area contributed by atoms with Crippen LogP contribution in [0.2, 0.25) is 0 Å². The molecule has 1 aromatic heterocycles. The van der Waals surface area contributed by atoms with E-state index in [0.29, 0.717) is 31.0 Å². The van der Waals surface area contributed by atoms with Crippen molar-refractivity contribution in [3.63, 3.8) is 0 Å². The number of hydrogen-bond donors (Lipinski definition) is 1. The molecule has 3 aromatic carbocycles. The highest BCUT2D eigenvalue weighted by Gasteiger charge is 2.34. The first-order chi connectivity index (χ1) is 16.9. The van der Waals surface area contributed by atoms with E-state index in [4.69, 9.17) is 6.57 Å². The van der Waals surface area contributed by atoms with Crippen molar-refractivity contribution >= 4 is 22.9 Å². The predicted octanol–water partition coefficient (Wildman–Crippen LogP) is 7.02. The lowest BCUT2D eigenvalue weighted by Gasteiger charge is -2.31. The molecule has 0 spiro atoms. The molecule has 0 radical (unpaired) electrons. The van der Waals surface area contributed by atoms with Gasteiger partial charge in [-0.15, -0.1) is 0 Å². The molecule has 0 unspecified atom stereocenters. The minimum Gasteiger partial charge on any atom is -0.365 e. The second-order valence-electron chi connectivity index (χ2n) is 8.20. The Labute approximate surface area is 200 Å². The van der Waals surface area contributed by atoms with E-state index in [9.17, 15) is 13.2 Å². The molecular weight excluding hydrogens is 451 g/mol. The molecule has 0 saturated carbocycles. The maximum atomic E-state index is 13.4. The van der Waals surface area contributed by atoms with E-state index in [1.807, 2.05) is 41.3 Å². The summed E-state index contributed by atoms with van der Waals surface area (Å²) in [6, 6.07) is 21.9. The Morgan fingerprint density at radius 3 is 2.49 bits per heavy atom. The first-order valence-electron chi connectivity index (χ1n) is 11.0. The minimum absolute atomic E-state index is 0.352. The van der Waals surface area contributed by atoms with Crippen LogP contribution in [0.15, 0.2) is 79.1 Å². The molecule has 0 amide bonds. The maximum absolute atomic E-state index is 13.4. The summed E-state index contributed by atoms with van der Waals surface area (Å²) in [5, 5.41) is 3.39. The quantitative estimate of drug-likeness (QED) is 0.325. The Bertz CT molecular complexity index is 1410. The molecule has 1 N–H and O–H groups in total. The molecule has 0 saturated heterocycles. The number of nitrogens with zero attached hydrogens (tertiary/aromatic N) is 4. The number of hydrogen-bond acceptors (Lipinski definition) is 4. The van der Waals surface area contributed by atoms with Gasteiger partial charge in [-0.3, -0.25) is 0 Å². The van der Waals surface area contributed by atoms with Crippen LogP contribution in [0.25, 0.3) is 16.0 Å². The van der Waals surface area contributed by atoms with Crippen LogP contribution in [0, 0.1) is 6.57 Å². The van der Waals surface area contributed by atoms with E-state index in [1.165, 1.54) is 12.4 Å². The van der Waals surface area contributed by atoms with Crippen LogP contribution < -0.4 is 10.2 Å². The number of rotatable bonds is 4. The lowest BCUT2D eigenvalue weighted by molar-refractivity contribution is -0.136. The molecule has 1 aliphatic heterocycles. The number of fused-ring (bicyclic) bond motifs is 1. The highest BCUT2D eigenvalue weighted by molar-refractivity contribution is 5.71. The van der Waals surface area contributed by atoms with Crippen molar-refractivity contribution in [1.29, 1.82) is 0 Å². The second kappa shape index (κ2) is 9.11. The number of halogens is 3. The summed E-state index contributed by atoms with van der Waals surface area (Å²) in [5.41, 5.74) is 3.88. The van der Waals surface area contributed by atoms with Gasteiger partial charge in [0.25, 0.3) is 0 Å². The molecular formula is C27H20F3N5. The van der Waals surface area contributed by atoms with Crippen molar-refractivity contribution in [3.8, 4) is 11.1 Å². The smallest absolute Gasteiger partial charge is 0.365 e. The number of nitrogens with one attached hydrogen (secondary N) is 1.